The number of hydrogen-bond donors (Lipinski definition) is 7. The minimum absolute atomic E-state index is 0.241. The van der Waals surface area contributed by atoms with E-state index in [1.807, 2.05) is 41.9 Å². The number of carboxylic acid groups (broad SMARTS) is 1. The van der Waals surface area contributed by atoms with E-state index in [-0.39, 0.29) is 12.8 Å². The summed E-state index contributed by atoms with van der Waals surface area (Å²) in [7, 11) is 0. The van der Waals surface area contributed by atoms with Gasteiger partial charge in [0.1, 0.15) is 18.1 Å². The first-order valence-corrected chi connectivity index (χ1v) is 11.3. The first kappa shape index (κ1) is 27.4. The predicted octanol–water partition coefficient (Wildman–Crippen LogP) is -2.17. The molecule has 0 radical (unpaired) electrons. The molecule has 0 unspecified atom stereocenters. The molecule has 0 bridgehead atoms. The fraction of sp³-hybridized carbons (Fsp3) is 0.500. The lowest BCUT2D eigenvalue weighted by molar-refractivity contribution is -0.143. The van der Waals surface area contributed by atoms with Gasteiger partial charge in [-0.3, -0.25) is 14.4 Å². The summed E-state index contributed by atoms with van der Waals surface area (Å²) < 4.78 is 0. The van der Waals surface area contributed by atoms with Crippen LogP contribution in [0.1, 0.15) is 12.0 Å². The number of aliphatic hydroxyl groups excluding tert-OH is 2. The van der Waals surface area contributed by atoms with Crippen molar-refractivity contribution in [1.82, 2.24) is 16.0 Å². The maximum Gasteiger partial charge on any atom is 0.328 e. The van der Waals surface area contributed by atoms with E-state index in [4.69, 9.17) is 15.9 Å². The molecule has 178 valence electrons. The normalized spacial score (nSPS) is 14.5. The summed E-state index contributed by atoms with van der Waals surface area (Å²) in [5, 5.41) is 34.3. The van der Waals surface area contributed by atoms with Gasteiger partial charge in [0.15, 0.2) is 0 Å². The molecular weight excluding hydrogens is 440 g/mol. The lowest BCUT2D eigenvalue weighted by Crippen LogP contribution is -2.58. The second-order valence-corrected chi connectivity index (χ2v) is 7.95. The lowest BCUT2D eigenvalue weighted by Gasteiger charge is -2.24. The highest BCUT2D eigenvalue weighted by Crippen LogP contribution is 2.05. The molecule has 0 heterocycles. The first-order valence-electron chi connectivity index (χ1n) is 9.87. The van der Waals surface area contributed by atoms with Crippen molar-refractivity contribution in [3.05, 3.63) is 35.9 Å². The Morgan fingerprint density at radius 1 is 0.906 bits per heavy atom. The highest BCUT2D eigenvalue weighted by Gasteiger charge is 2.29. The van der Waals surface area contributed by atoms with Crippen LogP contribution < -0.4 is 21.7 Å². The van der Waals surface area contributed by atoms with E-state index in [0.717, 1.165) is 5.56 Å². The third kappa shape index (κ3) is 9.22. The zero-order valence-corrected chi connectivity index (χ0v) is 18.5. The van der Waals surface area contributed by atoms with Crippen LogP contribution in [0, 0.1) is 0 Å². The average molecular weight is 471 g/mol. The van der Waals surface area contributed by atoms with Crippen molar-refractivity contribution >= 4 is 35.5 Å². The number of aliphatic carboxylic acids is 1. The number of carboxylic acids is 1. The molecule has 3 amide bonds. The maximum absolute atomic E-state index is 12.7. The molecule has 1 aromatic carbocycles. The van der Waals surface area contributed by atoms with Gasteiger partial charge in [-0.2, -0.15) is 11.8 Å². The van der Waals surface area contributed by atoms with E-state index in [9.17, 15) is 24.3 Å². The van der Waals surface area contributed by atoms with Gasteiger partial charge in [-0.05, 0) is 30.4 Å². The first-order chi connectivity index (χ1) is 15.2. The fourth-order valence-corrected chi connectivity index (χ4v) is 3.14. The summed E-state index contributed by atoms with van der Waals surface area (Å²) in [5.41, 5.74) is 6.82. The Hall–Kier alpha value is -2.67. The Balaban J connectivity index is 2.79. The minimum Gasteiger partial charge on any atom is -0.480 e. The molecule has 0 saturated carbocycles. The van der Waals surface area contributed by atoms with Crippen LogP contribution in [0.5, 0.6) is 0 Å². The van der Waals surface area contributed by atoms with E-state index in [1.54, 1.807) is 0 Å². The third-order valence-electron chi connectivity index (χ3n) is 4.49. The number of carbonyl (C=O) groups is 4. The molecule has 11 nitrogen and oxygen atoms in total. The molecule has 8 N–H and O–H groups in total. The Labute approximate surface area is 190 Å². The molecule has 0 aliphatic heterocycles. The van der Waals surface area contributed by atoms with Gasteiger partial charge in [0.25, 0.3) is 0 Å². The fourth-order valence-electron chi connectivity index (χ4n) is 2.67. The highest BCUT2D eigenvalue weighted by molar-refractivity contribution is 7.98. The number of nitrogens with two attached hydrogens (primary N) is 1. The molecule has 12 heteroatoms. The van der Waals surface area contributed by atoms with Crippen molar-refractivity contribution in [2.45, 2.75) is 37.0 Å². The second-order valence-electron chi connectivity index (χ2n) is 6.96. The van der Waals surface area contributed by atoms with Crippen molar-refractivity contribution in [2.24, 2.45) is 5.73 Å². The van der Waals surface area contributed by atoms with E-state index >= 15 is 0 Å². The Morgan fingerprint density at radius 3 is 1.97 bits per heavy atom. The number of aliphatic hydroxyl groups is 2. The molecule has 0 aliphatic carbocycles. The van der Waals surface area contributed by atoms with Crippen molar-refractivity contribution in [1.29, 1.82) is 0 Å². The van der Waals surface area contributed by atoms with Gasteiger partial charge in [0.05, 0.1) is 19.3 Å². The molecule has 0 spiro atoms. The van der Waals surface area contributed by atoms with Crippen LogP contribution in [-0.4, -0.2) is 88.4 Å². The number of thioether (sulfide) groups is 1. The molecular formula is C20H30N4O7S. The van der Waals surface area contributed by atoms with Crippen LogP contribution in [0.3, 0.4) is 0 Å². The Kier molecular flexibility index (Phi) is 12.3. The summed E-state index contributed by atoms with van der Waals surface area (Å²) in [6.45, 7) is -1.68. The Morgan fingerprint density at radius 2 is 1.44 bits per heavy atom. The van der Waals surface area contributed by atoms with Crippen LogP contribution in [0.2, 0.25) is 0 Å². The molecule has 0 aliphatic rings. The zero-order valence-electron chi connectivity index (χ0n) is 17.7. The summed E-state index contributed by atoms with van der Waals surface area (Å²) in [4.78, 5) is 48.4. The van der Waals surface area contributed by atoms with Crippen LogP contribution in [0.25, 0.3) is 0 Å². The van der Waals surface area contributed by atoms with Crippen molar-refractivity contribution < 1.29 is 34.5 Å². The SMILES string of the molecule is CSCC[C@H](NC(=O)[C@@H](N)Cc1ccccc1)C(=O)N[C@@H](CO)C(=O)N[C@@H](CO)C(=O)O. The molecule has 4 atom stereocenters. The summed E-state index contributed by atoms with van der Waals surface area (Å²) in [6.07, 6.45) is 2.33. The van der Waals surface area contributed by atoms with Crippen molar-refractivity contribution in [3.63, 3.8) is 0 Å². The van der Waals surface area contributed by atoms with Gasteiger partial charge in [-0.1, -0.05) is 30.3 Å². The molecule has 1 rings (SSSR count). The van der Waals surface area contributed by atoms with E-state index in [0.29, 0.717) is 5.75 Å². The third-order valence-corrected chi connectivity index (χ3v) is 5.14. The van der Waals surface area contributed by atoms with E-state index < -0.39 is 61.1 Å². The number of rotatable bonds is 14. The maximum atomic E-state index is 12.7. The van der Waals surface area contributed by atoms with Crippen molar-refractivity contribution in [3.8, 4) is 0 Å². The smallest absolute Gasteiger partial charge is 0.328 e. The van der Waals surface area contributed by atoms with Gasteiger partial charge in [0, 0.05) is 0 Å². The van der Waals surface area contributed by atoms with Gasteiger partial charge in [0.2, 0.25) is 17.7 Å². The number of benzene rings is 1. The van der Waals surface area contributed by atoms with Crippen LogP contribution >= 0.6 is 11.8 Å². The topological polar surface area (TPSA) is 191 Å². The largest absolute Gasteiger partial charge is 0.480 e. The standard InChI is InChI=1S/C20H30N4O7S/c1-32-8-7-14(22-17(27)13(21)9-12-5-3-2-4-6-12)18(28)23-15(10-25)19(29)24-16(11-26)20(30)31/h2-6,13-16,25-26H,7-11,21H2,1H3,(H,22,27)(H,23,28)(H,24,29)(H,30,31)/t13-,14-,15-,16-/m0/s1. The predicted molar refractivity (Wildman–Crippen MR) is 119 cm³/mol. The molecule has 1 aromatic rings. The van der Waals surface area contributed by atoms with Gasteiger partial charge in [-0.25, -0.2) is 4.79 Å². The molecule has 0 aromatic heterocycles. The monoisotopic (exact) mass is 470 g/mol. The second kappa shape index (κ2) is 14.4. The number of carbonyl (C=O) groups excluding carboxylic acids is 3. The zero-order chi connectivity index (χ0) is 24.1. The van der Waals surface area contributed by atoms with Gasteiger partial charge < -0.3 is 37.0 Å². The molecule has 0 fully saturated rings. The molecule has 32 heavy (non-hydrogen) atoms. The average Bonchev–Trinajstić information content (AvgIpc) is 2.78. The Bertz CT molecular complexity index is 766. The van der Waals surface area contributed by atoms with Gasteiger partial charge >= 0.3 is 5.97 Å². The van der Waals surface area contributed by atoms with Gasteiger partial charge in [-0.15, -0.1) is 0 Å². The van der Waals surface area contributed by atoms with Crippen LogP contribution in [-0.2, 0) is 25.6 Å². The quantitative estimate of drug-likeness (QED) is 0.159. The molecule has 0 saturated heterocycles. The van der Waals surface area contributed by atoms with Crippen molar-refractivity contribution in [2.75, 3.05) is 25.2 Å². The summed E-state index contributed by atoms with van der Waals surface area (Å²) in [6, 6.07) is 4.15. The van der Waals surface area contributed by atoms with E-state index in [1.165, 1.54) is 11.8 Å². The van der Waals surface area contributed by atoms with Crippen LogP contribution in [0.15, 0.2) is 30.3 Å². The van der Waals surface area contributed by atoms with Crippen LogP contribution in [0.4, 0.5) is 0 Å². The highest BCUT2D eigenvalue weighted by atomic mass is 32.2. The summed E-state index contributed by atoms with van der Waals surface area (Å²) in [5.74, 6) is -3.22. The van der Waals surface area contributed by atoms with E-state index in [2.05, 4.69) is 10.6 Å². The summed E-state index contributed by atoms with van der Waals surface area (Å²) >= 11 is 1.45. The number of amides is 3. The number of hydrogen-bond acceptors (Lipinski definition) is 8. The number of nitrogens with one attached hydrogen (secondary N) is 3. The minimum atomic E-state index is -1.59. The lowest BCUT2D eigenvalue weighted by atomic mass is 10.1.